The van der Waals surface area contributed by atoms with Crippen molar-refractivity contribution >= 4 is 28.9 Å². The minimum absolute atomic E-state index is 0.299. The van der Waals surface area contributed by atoms with Crippen LogP contribution in [0, 0.1) is 0 Å². The van der Waals surface area contributed by atoms with Gasteiger partial charge in [-0.15, -0.1) is 0 Å². The maximum absolute atomic E-state index is 11.9. The molecule has 1 aromatic rings. The SMILES string of the molecule is COC(=O)c1cc(N)cc(Cl)c1NCC1(OC)CCOC1. The minimum Gasteiger partial charge on any atom is -0.465 e. The Labute approximate surface area is 128 Å². The molecule has 21 heavy (non-hydrogen) atoms. The first-order chi connectivity index (χ1) is 10.0. The van der Waals surface area contributed by atoms with Crippen molar-refractivity contribution in [1.82, 2.24) is 0 Å². The maximum Gasteiger partial charge on any atom is 0.340 e. The molecule has 1 unspecified atom stereocenters. The first-order valence-electron chi connectivity index (χ1n) is 6.55. The number of hydrogen-bond donors (Lipinski definition) is 2. The van der Waals surface area contributed by atoms with Crippen molar-refractivity contribution in [3.05, 3.63) is 22.7 Å². The van der Waals surface area contributed by atoms with E-state index < -0.39 is 11.6 Å². The quantitative estimate of drug-likeness (QED) is 0.638. The Morgan fingerprint density at radius 1 is 1.52 bits per heavy atom. The van der Waals surface area contributed by atoms with Gasteiger partial charge in [-0.25, -0.2) is 4.79 Å². The topological polar surface area (TPSA) is 82.8 Å². The average molecular weight is 315 g/mol. The molecule has 0 saturated carbocycles. The molecule has 1 saturated heterocycles. The number of benzene rings is 1. The highest BCUT2D eigenvalue weighted by Gasteiger charge is 2.35. The lowest BCUT2D eigenvalue weighted by atomic mass is 10.0. The molecule has 1 heterocycles. The molecule has 1 fully saturated rings. The summed E-state index contributed by atoms with van der Waals surface area (Å²) in [5.74, 6) is -0.499. The second-order valence-electron chi connectivity index (χ2n) is 4.96. The van der Waals surface area contributed by atoms with Crippen molar-refractivity contribution < 1.29 is 19.0 Å². The number of carbonyl (C=O) groups excluding carboxylic acids is 1. The Morgan fingerprint density at radius 2 is 2.29 bits per heavy atom. The number of ether oxygens (including phenoxy) is 3. The zero-order valence-electron chi connectivity index (χ0n) is 12.1. The molecule has 6 nitrogen and oxygen atoms in total. The lowest BCUT2D eigenvalue weighted by molar-refractivity contribution is -0.00622. The van der Waals surface area contributed by atoms with Crippen molar-refractivity contribution in [2.75, 3.05) is 45.0 Å². The Balaban J connectivity index is 2.24. The fraction of sp³-hybridized carbons (Fsp3) is 0.500. The van der Waals surface area contributed by atoms with Gasteiger partial charge in [0.05, 0.1) is 30.0 Å². The molecule has 116 valence electrons. The van der Waals surface area contributed by atoms with Gasteiger partial charge in [0.25, 0.3) is 0 Å². The number of esters is 1. The zero-order chi connectivity index (χ0) is 15.5. The summed E-state index contributed by atoms with van der Waals surface area (Å²) in [4.78, 5) is 11.9. The highest BCUT2D eigenvalue weighted by Crippen LogP contribution is 2.31. The van der Waals surface area contributed by atoms with Crippen molar-refractivity contribution in [3.63, 3.8) is 0 Å². The molecular formula is C14H19ClN2O4. The van der Waals surface area contributed by atoms with Gasteiger partial charge in [0.1, 0.15) is 5.60 Å². The molecule has 7 heteroatoms. The van der Waals surface area contributed by atoms with E-state index in [1.54, 1.807) is 13.2 Å². The second-order valence-corrected chi connectivity index (χ2v) is 5.37. The zero-order valence-corrected chi connectivity index (χ0v) is 12.8. The molecule has 1 aliphatic rings. The molecule has 0 aliphatic carbocycles. The van der Waals surface area contributed by atoms with Crippen molar-refractivity contribution in [2.45, 2.75) is 12.0 Å². The molecule has 0 amide bonds. The summed E-state index contributed by atoms with van der Waals surface area (Å²) in [6, 6.07) is 3.12. The number of anilines is 2. The summed E-state index contributed by atoms with van der Waals surface area (Å²) in [5.41, 5.74) is 6.49. The molecule has 0 aromatic heterocycles. The first-order valence-corrected chi connectivity index (χ1v) is 6.93. The number of nitrogen functional groups attached to an aromatic ring is 1. The summed E-state index contributed by atoms with van der Waals surface area (Å²) >= 11 is 6.19. The van der Waals surface area contributed by atoms with Gasteiger partial charge in [0, 0.05) is 32.4 Å². The van der Waals surface area contributed by atoms with Crippen LogP contribution in [0.2, 0.25) is 5.02 Å². The predicted molar refractivity (Wildman–Crippen MR) is 80.9 cm³/mol. The highest BCUT2D eigenvalue weighted by molar-refractivity contribution is 6.34. The van der Waals surface area contributed by atoms with E-state index in [0.717, 1.165) is 6.42 Å². The minimum atomic E-state index is -0.499. The van der Waals surface area contributed by atoms with Crippen LogP contribution in [0.3, 0.4) is 0 Å². The molecular weight excluding hydrogens is 296 g/mol. The third-order valence-electron chi connectivity index (χ3n) is 3.61. The van der Waals surface area contributed by atoms with Crippen LogP contribution in [0.25, 0.3) is 0 Å². The largest absolute Gasteiger partial charge is 0.465 e. The molecule has 1 aliphatic heterocycles. The number of nitrogens with one attached hydrogen (secondary N) is 1. The van der Waals surface area contributed by atoms with Crippen molar-refractivity contribution in [1.29, 1.82) is 0 Å². The van der Waals surface area contributed by atoms with Crippen LogP contribution in [-0.4, -0.2) is 45.5 Å². The van der Waals surface area contributed by atoms with E-state index in [1.807, 2.05) is 0 Å². The normalized spacial score (nSPS) is 21.3. The molecule has 0 bridgehead atoms. The fourth-order valence-electron chi connectivity index (χ4n) is 2.29. The van der Waals surface area contributed by atoms with Gasteiger partial charge in [-0.2, -0.15) is 0 Å². The first kappa shape index (κ1) is 15.9. The van der Waals surface area contributed by atoms with E-state index in [4.69, 9.17) is 31.5 Å². The lowest BCUT2D eigenvalue weighted by Gasteiger charge is -2.27. The van der Waals surface area contributed by atoms with Gasteiger partial charge in [-0.05, 0) is 12.1 Å². The van der Waals surface area contributed by atoms with Crippen LogP contribution in [0.5, 0.6) is 0 Å². The van der Waals surface area contributed by atoms with E-state index in [0.29, 0.717) is 41.7 Å². The smallest absolute Gasteiger partial charge is 0.340 e. The average Bonchev–Trinajstić information content (AvgIpc) is 2.94. The Bertz CT molecular complexity index is 530. The monoisotopic (exact) mass is 314 g/mol. The molecule has 3 N–H and O–H groups in total. The highest BCUT2D eigenvalue weighted by atomic mass is 35.5. The van der Waals surface area contributed by atoms with E-state index in [-0.39, 0.29) is 0 Å². The summed E-state index contributed by atoms with van der Waals surface area (Å²) < 4.78 is 15.7. The second kappa shape index (κ2) is 6.51. The van der Waals surface area contributed by atoms with Crippen molar-refractivity contribution in [2.24, 2.45) is 0 Å². The van der Waals surface area contributed by atoms with Gasteiger partial charge in [0.2, 0.25) is 0 Å². The lowest BCUT2D eigenvalue weighted by Crippen LogP contribution is -2.39. The molecule has 0 radical (unpaired) electrons. The van der Waals surface area contributed by atoms with Gasteiger partial charge < -0.3 is 25.3 Å². The van der Waals surface area contributed by atoms with Crippen LogP contribution in [0.15, 0.2) is 12.1 Å². The van der Waals surface area contributed by atoms with Gasteiger partial charge in [0.15, 0.2) is 0 Å². The number of nitrogens with two attached hydrogens (primary N) is 1. The number of hydrogen-bond acceptors (Lipinski definition) is 6. The Morgan fingerprint density at radius 3 is 2.86 bits per heavy atom. The third kappa shape index (κ3) is 3.40. The maximum atomic E-state index is 11.9. The number of carbonyl (C=O) groups is 1. The predicted octanol–water partition coefficient (Wildman–Crippen LogP) is 1.93. The van der Waals surface area contributed by atoms with Gasteiger partial charge >= 0.3 is 5.97 Å². The van der Waals surface area contributed by atoms with E-state index in [2.05, 4.69) is 5.32 Å². The summed E-state index contributed by atoms with van der Waals surface area (Å²) in [7, 11) is 2.95. The number of halogens is 1. The van der Waals surface area contributed by atoms with E-state index in [1.165, 1.54) is 13.2 Å². The van der Waals surface area contributed by atoms with Crippen molar-refractivity contribution in [3.8, 4) is 0 Å². The Kier molecular flexibility index (Phi) is 4.92. The van der Waals surface area contributed by atoms with Gasteiger partial charge in [-0.3, -0.25) is 0 Å². The van der Waals surface area contributed by atoms with Gasteiger partial charge in [-0.1, -0.05) is 11.6 Å². The molecule has 2 rings (SSSR count). The molecule has 1 aromatic carbocycles. The van der Waals surface area contributed by atoms with Crippen LogP contribution in [-0.2, 0) is 14.2 Å². The van der Waals surface area contributed by atoms with Crippen LogP contribution >= 0.6 is 11.6 Å². The fourth-order valence-corrected chi connectivity index (χ4v) is 2.58. The Hall–Kier alpha value is -1.50. The molecule has 1 atom stereocenters. The summed E-state index contributed by atoms with van der Waals surface area (Å²) in [6.07, 6.45) is 0.774. The van der Waals surface area contributed by atoms with Crippen LogP contribution < -0.4 is 11.1 Å². The number of methoxy groups -OCH3 is 2. The van der Waals surface area contributed by atoms with E-state index in [9.17, 15) is 4.79 Å². The van der Waals surface area contributed by atoms with Crippen LogP contribution in [0.4, 0.5) is 11.4 Å². The van der Waals surface area contributed by atoms with Crippen LogP contribution in [0.1, 0.15) is 16.8 Å². The third-order valence-corrected chi connectivity index (χ3v) is 3.90. The molecule has 0 spiro atoms. The van der Waals surface area contributed by atoms with E-state index >= 15 is 0 Å². The standard InChI is InChI=1S/C14H19ClN2O4/c1-19-13(18)10-5-9(16)6-11(15)12(10)17-7-14(20-2)3-4-21-8-14/h5-6,17H,3-4,7-8,16H2,1-2H3. The summed E-state index contributed by atoms with van der Waals surface area (Å²) in [6.45, 7) is 1.61. The summed E-state index contributed by atoms with van der Waals surface area (Å²) in [5, 5.41) is 3.53. The number of rotatable bonds is 5.